The minimum absolute atomic E-state index is 0.0372. The van der Waals surface area contributed by atoms with E-state index in [2.05, 4.69) is 15.9 Å². The summed E-state index contributed by atoms with van der Waals surface area (Å²) in [6.07, 6.45) is 0.0372. The van der Waals surface area contributed by atoms with Crippen LogP contribution in [0.15, 0.2) is 108 Å². The van der Waals surface area contributed by atoms with E-state index in [1.807, 2.05) is 84.9 Å². The molecule has 0 saturated heterocycles. The summed E-state index contributed by atoms with van der Waals surface area (Å²) in [5, 5.41) is 1.40. The zero-order chi connectivity index (χ0) is 25.5. The molecule has 1 amide bonds. The average molecular weight is 564 g/mol. The summed E-state index contributed by atoms with van der Waals surface area (Å²) in [5.41, 5.74) is 1.34. The first-order valence-electron chi connectivity index (χ1n) is 11.4. The Kier molecular flexibility index (Phi) is 8.29. The molecule has 0 aliphatic rings. The zero-order valence-corrected chi connectivity index (χ0v) is 22.6. The van der Waals surface area contributed by atoms with E-state index in [-0.39, 0.29) is 18.7 Å². The number of rotatable bonds is 9. The van der Waals surface area contributed by atoms with Gasteiger partial charge in [-0.3, -0.25) is 4.79 Å². The quantitative estimate of drug-likeness (QED) is 0.231. The Balaban J connectivity index is 1.80. The Morgan fingerprint density at radius 1 is 0.778 bits per heavy atom. The smallest absolute Gasteiger partial charge is 0.255 e. The van der Waals surface area contributed by atoms with Crippen molar-refractivity contribution in [1.29, 1.82) is 0 Å². The van der Waals surface area contributed by atoms with Crippen molar-refractivity contribution < 1.29 is 18.8 Å². The van der Waals surface area contributed by atoms with Crippen LogP contribution in [-0.2, 0) is 11.1 Å². The maximum absolute atomic E-state index is 14.8. The summed E-state index contributed by atoms with van der Waals surface area (Å²) in [6, 6.07) is 31.6. The van der Waals surface area contributed by atoms with Gasteiger partial charge in [-0.2, -0.15) is 0 Å². The van der Waals surface area contributed by atoms with Gasteiger partial charge in [0.25, 0.3) is 5.91 Å². The molecule has 0 atom stereocenters. The van der Waals surface area contributed by atoms with E-state index in [1.54, 1.807) is 37.3 Å². The van der Waals surface area contributed by atoms with Gasteiger partial charge in [0.05, 0.1) is 26.1 Å². The molecular weight excluding hydrogens is 537 g/mol. The highest BCUT2D eigenvalue weighted by molar-refractivity contribution is 9.10. The molecule has 184 valence electrons. The van der Waals surface area contributed by atoms with Crippen molar-refractivity contribution >= 4 is 39.6 Å². The lowest BCUT2D eigenvalue weighted by Crippen LogP contribution is -2.35. The minimum atomic E-state index is -3.21. The van der Waals surface area contributed by atoms with Gasteiger partial charge in [-0.05, 0) is 51.8 Å². The van der Waals surface area contributed by atoms with Crippen LogP contribution in [0.3, 0.4) is 0 Å². The Bertz CT molecular complexity index is 1320. The molecule has 0 radical (unpaired) electrons. The third-order valence-electron chi connectivity index (χ3n) is 5.94. The summed E-state index contributed by atoms with van der Waals surface area (Å²) >= 11 is 3.51. The molecule has 0 aliphatic heterocycles. The first-order valence-corrected chi connectivity index (χ1v) is 14.1. The second-order valence-electron chi connectivity index (χ2n) is 8.25. The lowest BCUT2D eigenvalue weighted by atomic mass is 10.1. The van der Waals surface area contributed by atoms with Crippen LogP contribution < -0.4 is 20.1 Å². The lowest BCUT2D eigenvalue weighted by molar-refractivity contribution is 0.0771. The molecule has 0 aliphatic carbocycles. The molecule has 0 fully saturated rings. The molecule has 4 aromatic rings. The van der Waals surface area contributed by atoms with Crippen LogP contribution in [0.2, 0.25) is 0 Å². The Hall–Kier alpha value is -3.34. The zero-order valence-electron chi connectivity index (χ0n) is 20.1. The predicted molar refractivity (Wildman–Crippen MR) is 148 cm³/mol. The maximum atomic E-state index is 14.8. The molecule has 0 spiro atoms. The third kappa shape index (κ3) is 5.72. The number of hydrogen-bond acceptors (Lipinski definition) is 4. The number of carbonyl (C=O) groups is 1. The molecule has 0 bridgehead atoms. The van der Waals surface area contributed by atoms with E-state index in [0.29, 0.717) is 26.4 Å². The van der Waals surface area contributed by atoms with Gasteiger partial charge >= 0.3 is 0 Å². The van der Waals surface area contributed by atoms with Crippen LogP contribution in [-0.4, -0.2) is 31.3 Å². The van der Waals surface area contributed by atoms with Crippen molar-refractivity contribution in [2.75, 3.05) is 20.5 Å². The number of nitrogens with zero attached hydrogens (tertiary/aromatic N) is 1. The highest BCUT2D eigenvalue weighted by Crippen LogP contribution is 2.44. The first kappa shape index (κ1) is 25.7. The van der Waals surface area contributed by atoms with Gasteiger partial charge in [-0.1, -0.05) is 72.8 Å². The molecule has 0 saturated carbocycles. The van der Waals surface area contributed by atoms with Gasteiger partial charge in [0.15, 0.2) is 7.14 Å². The van der Waals surface area contributed by atoms with Crippen LogP contribution in [0.1, 0.15) is 15.9 Å². The topological polar surface area (TPSA) is 55.8 Å². The number of amides is 1. The number of methoxy groups -OCH3 is 2. The fraction of sp³-hybridized carbons (Fsp3) is 0.138. The van der Waals surface area contributed by atoms with Gasteiger partial charge in [0.1, 0.15) is 11.5 Å². The van der Waals surface area contributed by atoms with Gasteiger partial charge in [0.2, 0.25) is 0 Å². The average Bonchev–Trinajstić information content (AvgIpc) is 2.94. The van der Waals surface area contributed by atoms with E-state index in [4.69, 9.17) is 9.47 Å². The number of halogens is 1. The molecule has 0 aromatic heterocycles. The Morgan fingerprint density at radius 3 is 1.83 bits per heavy atom. The fourth-order valence-electron chi connectivity index (χ4n) is 3.99. The maximum Gasteiger partial charge on any atom is 0.255 e. The van der Waals surface area contributed by atoms with Crippen molar-refractivity contribution in [2.45, 2.75) is 6.54 Å². The fourth-order valence-corrected chi connectivity index (χ4v) is 7.05. The minimum Gasteiger partial charge on any atom is -0.497 e. The van der Waals surface area contributed by atoms with Crippen LogP contribution in [0.4, 0.5) is 0 Å². The summed E-state index contributed by atoms with van der Waals surface area (Å²) in [5.74, 6) is 1.05. The molecular formula is C29H27BrNO4P. The van der Waals surface area contributed by atoms with Gasteiger partial charge in [0, 0.05) is 21.6 Å². The SMILES string of the molecule is COc1ccc(CN(CP(=O)(c2ccccc2)c2ccccc2)C(=O)c2cc(OC)ccc2Br)cc1. The second-order valence-corrected chi connectivity index (χ2v) is 11.9. The molecule has 4 rings (SSSR count). The van der Waals surface area contributed by atoms with Crippen LogP contribution in [0.25, 0.3) is 0 Å². The molecule has 7 heteroatoms. The molecule has 4 aromatic carbocycles. The van der Waals surface area contributed by atoms with Crippen molar-refractivity contribution in [3.05, 3.63) is 119 Å². The number of benzene rings is 4. The van der Waals surface area contributed by atoms with E-state index in [1.165, 1.54) is 0 Å². The van der Waals surface area contributed by atoms with Crippen molar-refractivity contribution in [1.82, 2.24) is 4.90 Å². The Labute approximate surface area is 220 Å². The summed E-state index contributed by atoms with van der Waals surface area (Å²) in [4.78, 5) is 15.7. The van der Waals surface area contributed by atoms with E-state index in [9.17, 15) is 9.36 Å². The van der Waals surface area contributed by atoms with E-state index in [0.717, 1.165) is 11.3 Å². The van der Waals surface area contributed by atoms with Crippen molar-refractivity contribution in [3.63, 3.8) is 0 Å². The number of hydrogen-bond donors (Lipinski definition) is 0. The highest BCUT2D eigenvalue weighted by Gasteiger charge is 2.33. The highest BCUT2D eigenvalue weighted by atomic mass is 79.9. The van der Waals surface area contributed by atoms with Crippen LogP contribution in [0, 0.1) is 0 Å². The molecule has 0 heterocycles. The van der Waals surface area contributed by atoms with Crippen LogP contribution >= 0.6 is 23.1 Å². The van der Waals surface area contributed by atoms with Crippen molar-refractivity contribution in [3.8, 4) is 11.5 Å². The largest absolute Gasteiger partial charge is 0.497 e. The van der Waals surface area contributed by atoms with E-state index < -0.39 is 7.14 Å². The van der Waals surface area contributed by atoms with Gasteiger partial charge < -0.3 is 18.9 Å². The standard InChI is InChI=1S/C29H27BrNO4P/c1-34-23-15-13-22(14-16-23)20-31(29(32)27-19-24(35-2)17-18-28(27)30)21-36(33,25-9-5-3-6-10-25)26-11-7-4-8-12-26/h3-19H,20-21H2,1-2H3. The molecule has 0 unspecified atom stereocenters. The normalized spacial score (nSPS) is 11.1. The molecule has 5 nitrogen and oxygen atoms in total. The third-order valence-corrected chi connectivity index (χ3v) is 9.64. The van der Waals surface area contributed by atoms with Gasteiger partial charge in [-0.15, -0.1) is 0 Å². The summed E-state index contributed by atoms with van der Waals surface area (Å²) in [7, 11) is -0.0335. The number of carbonyl (C=O) groups excluding carboxylic acids is 1. The summed E-state index contributed by atoms with van der Waals surface area (Å²) < 4.78 is 26.1. The lowest BCUT2D eigenvalue weighted by Gasteiger charge is -2.29. The second kappa shape index (κ2) is 11.6. The van der Waals surface area contributed by atoms with Gasteiger partial charge in [-0.25, -0.2) is 0 Å². The summed E-state index contributed by atoms with van der Waals surface area (Å²) in [6.45, 7) is 0.274. The van der Waals surface area contributed by atoms with E-state index >= 15 is 0 Å². The van der Waals surface area contributed by atoms with Crippen molar-refractivity contribution in [2.24, 2.45) is 0 Å². The predicted octanol–water partition coefficient (Wildman–Crippen LogP) is 6.08. The molecule has 36 heavy (non-hydrogen) atoms. The monoisotopic (exact) mass is 563 g/mol. The number of ether oxygens (including phenoxy) is 2. The first-order chi connectivity index (χ1) is 17.4. The molecule has 0 N–H and O–H groups in total. The van der Waals surface area contributed by atoms with Crippen LogP contribution in [0.5, 0.6) is 11.5 Å². The Morgan fingerprint density at radius 2 is 1.31 bits per heavy atom.